The van der Waals surface area contributed by atoms with Crippen LogP contribution in [-0.2, 0) is 4.79 Å². The Morgan fingerprint density at radius 1 is 1.63 bits per heavy atom. The highest BCUT2D eigenvalue weighted by Gasteiger charge is 2.30. The lowest BCUT2D eigenvalue weighted by molar-refractivity contribution is -0.122. The number of halogens is 1. The molecule has 1 amide bonds. The average Bonchev–Trinajstić information content (AvgIpc) is 2.47. The molecule has 5 nitrogen and oxygen atoms in total. The van der Waals surface area contributed by atoms with Gasteiger partial charge in [0.05, 0.1) is 5.56 Å². The molecular formula is C13H15ClN4O. The lowest BCUT2D eigenvalue weighted by Gasteiger charge is -2.35. The third-order valence-electron chi connectivity index (χ3n) is 3.32. The second kappa shape index (κ2) is 5.89. The first kappa shape index (κ1) is 13.6. The lowest BCUT2D eigenvalue weighted by atomic mass is 10.0. The minimum atomic E-state index is -0.266. The summed E-state index contributed by atoms with van der Waals surface area (Å²) in [5.74, 6) is 0.481. The van der Waals surface area contributed by atoms with E-state index in [1.807, 2.05) is 11.0 Å². The number of anilines is 1. The Hall–Kier alpha value is -1.80. The highest BCUT2D eigenvalue weighted by Crippen LogP contribution is 2.31. The molecule has 1 aromatic rings. The highest BCUT2D eigenvalue weighted by molar-refractivity contribution is 6.34. The number of rotatable bonds is 2. The number of nitriles is 1. The summed E-state index contributed by atoms with van der Waals surface area (Å²) in [6.07, 6.45) is 4.32. The monoisotopic (exact) mass is 278 g/mol. The summed E-state index contributed by atoms with van der Waals surface area (Å²) in [6.45, 7) is 0.722. The molecule has 1 saturated heterocycles. The van der Waals surface area contributed by atoms with Gasteiger partial charge in [-0.15, -0.1) is 0 Å². The Balaban J connectivity index is 2.38. The molecular weight excluding hydrogens is 264 g/mol. The first-order chi connectivity index (χ1) is 9.19. The van der Waals surface area contributed by atoms with Gasteiger partial charge in [-0.05, 0) is 25.3 Å². The zero-order valence-corrected chi connectivity index (χ0v) is 11.4. The standard InChI is InChI=1S/C13H15ClN4O/c1-16-13(19)10-4-2-3-7-18(10)12-11(14)9(8-15)5-6-17-12/h5-6,10H,2-4,7H2,1H3,(H,16,19). The van der Waals surface area contributed by atoms with Crippen LogP contribution in [0.3, 0.4) is 0 Å². The van der Waals surface area contributed by atoms with Crippen molar-refractivity contribution in [2.75, 3.05) is 18.5 Å². The van der Waals surface area contributed by atoms with Crippen LogP contribution in [0.5, 0.6) is 0 Å². The van der Waals surface area contributed by atoms with Gasteiger partial charge in [-0.25, -0.2) is 4.98 Å². The quantitative estimate of drug-likeness (QED) is 0.894. The van der Waals surface area contributed by atoms with Crippen molar-refractivity contribution in [3.8, 4) is 6.07 Å². The van der Waals surface area contributed by atoms with Gasteiger partial charge in [0.2, 0.25) is 5.91 Å². The summed E-state index contributed by atoms with van der Waals surface area (Å²) >= 11 is 6.20. The van der Waals surface area contributed by atoms with Crippen LogP contribution in [0.1, 0.15) is 24.8 Å². The van der Waals surface area contributed by atoms with Crippen molar-refractivity contribution >= 4 is 23.3 Å². The van der Waals surface area contributed by atoms with E-state index in [1.54, 1.807) is 19.3 Å². The maximum absolute atomic E-state index is 11.9. The van der Waals surface area contributed by atoms with Crippen LogP contribution in [0.2, 0.25) is 5.02 Å². The largest absolute Gasteiger partial charge is 0.357 e. The van der Waals surface area contributed by atoms with Gasteiger partial charge < -0.3 is 10.2 Å². The number of carbonyl (C=O) groups excluding carboxylic acids is 1. The van der Waals surface area contributed by atoms with Crippen LogP contribution in [-0.4, -0.2) is 30.5 Å². The fraction of sp³-hybridized carbons (Fsp3) is 0.462. The van der Waals surface area contributed by atoms with Gasteiger partial charge in [0.15, 0.2) is 0 Å². The number of amides is 1. The zero-order chi connectivity index (χ0) is 13.8. The highest BCUT2D eigenvalue weighted by atomic mass is 35.5. The van der Waals surface area contributed by atoms with E-state index in [0.717, 1.165) is 25.8 Å². The molecule has 0 aromatic carbocycles. The van der Waals surface area contributed by atoms with Gasteiger partial charge in [0.25, 0.3) is 0 Å². The summed E-state index contributed by atoms with van der Waals surface area (Å²) in [6, 6.07) is 3.34. The van der Waals surface area contributed by atoms with Gasteiger partial charge in [-0.1, -0.05) is 11.6 Å². The second-order valence-corrected chi connectivity index (χ2v) is 4.81. The smallest absolute Gasteiger partial charge is 0.242 e. The summed E-state index contributed by atoms with van der Waals surface area (Å²) in [7, 11) is 1.62. The summed E-state index contributed by atoms with van der Waals surface area (Å²) in [4.78, 5) is 18.1. The van der Waals surface area contributed by atoms with E-state index in [1.165, 1.54) is 0 Å². The molecule has 6 heteroatoms. The Bertz CT molecular complexity index is 526. The molecule has 0 aliphatic carbocycles. The van der Waals surface area contributed by atoms with E-state index in [0.29, 0.717) is 16.4 Å². The number of likely N-dealkylation sites (N-methyl/N-ethyl adjacent to an activating group) is 1. The van der Waals surface area contributed by atoms with Crippen molar-refractivity contribution in [3.05, 3.63) is 22.8 Å². The number of carbonyl (C=O) groups is 1. The third-order valence-corrected chi connectivity index (χ3v) is 3.69. The Morgan fingerprint density at radius 2 is 2.42 bits per heavy atom. The van der Waals surface area contributed by atoms with Crippen molar-refractivity contribution in [1.82, 2.24) is 10.3 Å². The molecule has 2 rings (SSSR count). The third kappa shape index (κ3) is 2.64. The summed E-state index contributed by atoms with van der Waals surface area (Å²) in [5.41, 5.74) is 0.382. The molecule has 0 saturated carbocycles. The van der Waals surface area contributed by atoms with Crippen LogP contribution < -0.4 is 10.2 Å². The molecule has 0 spiro atoms. The number of pyridine rings is 1. The molecule has 100 valence electrons. The van der Waals surface area contributed by atoms with Crippen LogP contribution in [0.15, 0.2) is 12.3 Å². The summed E-state index contributed by atoms with van der Waals surface area (Å²) < 4.78 is 0. The van der Waals surface area contributed by atoms with E-state index < -0.39 is 0 Å². The fourth-order valence-corrected chi connectivity index (χ4v) is 2.61. The fourth-order valence-electron chi connectivity index (χ4n) is 2.34. The number of nitrogens with one attached hydrogen (secondary N) is 1. The van der Waals surface area contributed by atoms with Crippen molar-refractivity contribution in [2.45, 2.75) is 25.3 Å². The number of nitrogens with zero attached hydrogens (tertiary/aromatic N) is 3. The summed E-state index contributed by atoms with van der Waals surface area (Å²) in [5, 5.41) is 12.0. The Labute approximate surface area is 117 Å². The Morgan fingerprint density at radius 3 is 3.11 bits per heavy atom. The van der Waals surface area contributed by atoms with Crippen molar-refractivity contribution in [3.63, 3.8) is 0 Å². The predicted octanol–water partition coefficient (Wildman–Crippen LogP) is 1.71. The minimum Gasteiger partial charge on any atom is -0.357 e. The van der Waals surface area contributed by atoms with Gasteiger partial charge in [0, 0.05) is 19.8 Å². The average molecular weight is 279 g/mol. The van der Waals surface area contributed by atoms with E-state index >= 15 is 0 Å². The maximum atomic E-state index is 11.9. The van der Waals surface area contributed by atoms with Gasteiger partial charge in [-0.3, -0.25) is 4.79 Å². The normalized spacial score (nSPS) is 18.8. The molecule has 1 N–H and O–H groups in total. The Kier molecular flexibility index (Phi) is 4.23. The number of hydrogen-bond acceptors (Lipinski definition) is 4. The number of aromatic nitrogens is 1. The number of piperidine rings is 1. The molecule has 19 heavy (non-hydrogen) atoms. The maximum Gasteiger partial charge on any atom is 0.242 e. The molecule has 1 aliphatic rings. The van der Waals surface area contributed by atoms with Crippen LogP contribution in [0, 0.1) is 11.3 Å². The molecule has 0 bridgehead atoms. The first-order valence-corrected chi connectivity index (χ1v) is 6.59. The van der Waals surface area contributed by atoms with Gasteiger partial charge in [0.1, 0.15) is 23.0 Å². The zero-order valence-electron chi connectivity index (χ0n) is 10.7. The van der Waals surface area contributed by atoms with E-state index in [-0.39, 0.29) is 11.9 Å². The van der Waals surface area contributed by atoms with Crippen LogP contribution >= 0.6 is 11.6 Å². The number of hydrogen-bond donors (Lipinski definition) is 1. The molecule has 1 fully saturated rings. The van der Waals surface area contributed by atoms with E-state index in [2.05, 4.69) is 10.3 Å². The SMILES string of the molecule is CNC(=O)C1CCCCN1c1nccc(C#N)c1Cl. The molecule has 1 aromatic heterocycles. The predicted molar refractivity (Wildman–Crippen MR) is 73.0 cm³/mol. The van der Waals surface area contributed by atoms with E-state index in [9.17, 15) is 4.79 Å². The van der Waals surface area contributed by atoms with Crippen molar-refractivity contribution in [1.29, 1.82) is 5.26 Å². The molecule has 2 heterocycles. The molecule has 1 atom stereocenters. The van der Waals surface area contributed by atoms with Crippen molar-refractivity contribution < 1.29 is 4.79 Å². The van der Waals surface area contributed by atoms with E-state index in [4.69, 9.17) is 16.9 Å². The topological polar surface area (TPSA) is 69.0 Å². The minimum absolute atomic E-state index is 0.0417. The van der Waals surface area contributed by atoms with Gasteiger partial charge in [-0.2, -0.15) is 5.26 Å². The molecule has 0 radical (unpaired) electrons. The molecule has 1 unspecified atom stereocenters. The van der Waals surface area contributed by atoms with Crippen molar-refractivity contribution in [2.24, 2.45) is 0 Å². The van der Waals surface area contributed by atoms with Crippen LogP contribution in [0.25, 0.3) is 0 Å². The molecule has 1 aliphatic heterocycles. The van der Waals surface area contributed by atoms with Gasteiger partial charge >= 0.3 is 0 Å². The second-order valence-electron chi connectivity index (χ2n) is 4.43. The van der Waals surface area contributed by atoms with Crippen LogP contribution in [0.4, 0.5) is 5.82 Å². The lowest BCUT2D eigenvalue weighted by Crippen LogP contribution is -2.49. The first-order valence-electron chi connectivity index (χ1n) is 6.22.